The zero-order chi connectivity index (χ0) is 15.3. The molecule has 0 spiro atoms. The number of hydrogen-bond acceptors (Lipinski definition) is 2. The molecule has 1 aromatic heterocycles. The molecule has 0 unspecified atom stereocenters. The number of rotatable bonds is 2. The number of likely N-dealkylation sites (tertiary alicyclic amines) is 1. The second-order valence-corrected chi connectivity index (χ2v) is 7.12. The molecule has 1 aliphatic carbocycles. The summed E-state index contributed by atoms with van der Waals surface area (Å²) >= 11 is 0. The fourth-order valence-electron chi connectivity index (χ4n) is 4.24. The number of carbonyl (C=O) groups is 1. The van der Waals surface area contributed by atoms with E-state index < -0.39 is 0 Å². The molecule has 1 aromatic carbocycles. The second kappa shape index (κ2) is 4.73. The Balaban J connectivity index is 1.62. The Kier molecular flexibility index (Phi) is 2.93. The van der Waals surface area contributed by atoms with E-state index in [1.807, 2.05) is 29.2 Å². The number of fused-ring (bicyclic) bond motifs is 2. The Hall–Kier alpha value is -2.03. The van der Waals surface area contributed by atoms with Crippen molar-refractivity contribution in [3.63, 3.8) is 0 Å². The van der Waals surface area contributed by atoms with Crippen LogP contribution in [0.25, 0.3) is 0 Å². The molecule has 3 nitrogen and oxygen atoms in total. The van der Waals surface area contributed by atoms with Crippen molar-refractivity contribution in [2.24, 2.45) is 11.8 Å². The maximum absolute atomic E-state index is 12.9. The maximum atomic E-state index is 12.9. The van der Waals surface area contributed by atoms with Gasteiger partial charge in [0.1, 0.15) is 5.76 Å². The molecule has 1 aliphatic heterocycles. The van der Waals surface area contributed by atoms with Crippen LogP contribution in [-0.4, -0.2) is 17.4 Å². The molecule has 114 valence electrons. The fourth-order valence-corrected chi connectivity index (χ4v) is 4.24. The standard InChI is InChI=1S/C19H21NO2/c1-19(2)16-12-20(11-13-6-4-3-5-7-13)18(21)15(16)10-14-8-9-22-17(14)19/h3-9,15-16H,10-12H2,1-2H3/t15-,16+/m0/s1. The zero-order valence-corrected chi connectivity index (χ0v) is 13.1. The van der Waals surface area contributed by atoms with Gasteiger partial charge in [0.15, 0.2) is 0 Å². The van der Waals surface area contributed by atoms with Gasteiger partial charge in [-0.3, -0.25) is 4.79 Å². The first-order valence-corrected chi connectivity index (χ1v) is 7.97. The molecule has 3 heteroatoms. The molecule has 22 heavy (non-hydrogen) atoms. The molecule has 1 saturated heterocycles. The van der Waals surface area contributed by atoms with Crippen LogP contribution in [0.2, 0.25) is 0 Å². The topological polar surface area (TPSA) is 33.5 Å². The van der Waals surface area contributed by atoms with Gasteiger partial charge in [-0.05, 0) is 23.6 Å². The fraction of sp³-hybridized carbons (Fsp3) is 0.421. The molecule has 2 aromatic rings. The predicted molar refractivity (Wildman–Crippen MR) is 84.3 cm³/mol. The second-order valence-electron chi connectivity index (χ2n) is 7.12. The number of hydrogen-bond donors (Lipinski definition) is 0. The molecule has 2 heterocycles. The lowest BCUT2D eigenvalue weighted by Crippen LogP contribution is -2.39. The van der Waals surface area contributed by atoms with E-state index >= 15 is 0 Å². The monoisotopic (exact) mass is 295 g/mol. The minimum atomic E-state index is -0.0805. The van der Waals surface area contributed by atoms with Crippen molar-refractivity contribution in [3.8, 4) is 0 Å². The SMILES string of the molecule is CC1(C)c2occc2C[C@@H]2C(=O)N(Cc3ccccc3)C[C@H]21. The molecule has 2 aliphatic rings. The average Bonchev–Trinajstić information content (AvgIpc) is 3.09. The third-order valence-corrected chi connectivity index (χ3v) is 5.45. The van der Waals surface area contributed by atoms with Crippen molar-refractivity contribution < 1.29 is 9.21 Å². The van der Waals surface area contributed by atoms with Gasteiger partial charge in [-0.1, -0.05) is 44.2 Å². The highest BCUT2D eigenvalue weighted by Gasteiger charge is 2.52. The van der Waals surface area contributed by atoms with Crippen molar-refractivity contribution in [1.29, 1.82) is 0 Å². The average molecular weight is 295 g/mol. The van der Waals surface area contributed by atoms with Gasteiger partial charge in [0.25, 0.3) is 0 Å². The third-order valence-electron chi connectivity index (χ3n) is 5.45. The van der Waals surface area contributed by atoms with Gasteiger partial charge < -0.3 is 9.32 Å². The van der Waals surface area contributed by atoms with E-state index in [9.17, 15) is 4.79 Å². The van der Waals surface area contributed by atoms with Gasteiger partial charge in [-0.2, -0.15) is 0 Å². The quantitative estimate of drug-likeness (QED) is 0.851. The van der Waals surface area contributed by atoms with Gasteiger partial charge >= 0.3 is 0 Å². The van der Waals surface area contributed by atoms with Crippen LogP contribution < -0.4 is 0 Å². The summed E-state index contributed by atoms with van der Waals surface area (Å²) in [4.78, 5) is 14.9. The highest BCUT2D eigenvalue weighted by molar-refractivity contribution is 5.82. The highest BCUT2D eigenvalue weighted by atomic mass is 16.3. The van der Waals surface area contributed by atoms with E-state index in [1.165, 1.54) is 11.1 Å². The first-order valence-electron chi connectivity index (χ1n) is 7.97. The van der Waals surface area contributed by atoms with Gasteiger partial charge in [0.2, 0.25) is 5.91 Å². The molecule has 0 radical (unpaired) electrons. The Morgan fingerprint density at radius 3 is 2.77 bits per heavy atom. The van der Waals surface area contributed by atoms with E-state index in [4.69, 9.17) is 4.42 Å². The summed E-state index contributed by atoms with van der Waals surface area (Å²) in [5.41, 5.74) is 2.33. The summed E-state index contributed by atoms with van der Waals surface area (Å²) in [5.74, 6) is 1.81. The summed E-state index contributed by atoms with van der Waals surface area (Å²) < 4.78 is 5.74. The molecule has 0 saturated carbocycles. The van der Waals surface area contributed by atoms with E-state index in [0.717, 1.165) is 18.7 Å². The largest absolute Gasteiger partial charge is 0.468 e. The summed E-state index contributed by atoms with van der Waals surface area (Å²) in [5, 5.41) is 0. The van der Waals surface area contributed by atoms with Gasteiger partial charge in [-0.15, -0.1) is 0 Å². The smallest absolute Gasteiger partial charge is 0.226 e. The van der Waals surface area contributed by atoms with Crippen LogP contribution in [0.5, 0.6) is 0 Å². The van der Waals surface area contributed by atoms with E-state index in [0.29, 0.717) is 18.4 Å². The first kappa shape index (κ1) is 13.6. The zero-order valence-electron chi connectivity index (χ0n) is 13.1. The van der Waals surface area contributed by atoms with Crippen molar-refractivity contribution in [2.45, 2.75) is 32.2 Å². The van der Waals surface area contributed by atoms with Crippen LogP contribution in [-0.2, 0) is 23.2 Å². The summed E-state index contributed by atoms with van der Waals surface area (Å²) in [7, 11) is 0. The van der Waals surface area contributed by atoms with Crippen LogP contribution in [0.15, 0.2) is 47.1 Å². The molecule has 0 bridgehead atoms. The Morgan fingerprint density at radius 1 is 1.23 bits per heavy atom. The van der Waals surface area contributed by atoms with Crippen LogP contribution >= 0.6 is 0 Å². The minimum Gasteiger partial charge on any atom is -0.468 e. The summed E-state index contributed by atoms with van der Waals surface area (Å²) in [6, 6.07) is 12.3. The molecule has 1 fully saturated rings. The lowest BCUT2D eigenvalue weighted by molar-refractivity contribution is -0.132. The van der Waals surface area contributed by atoms with Crippen LogP contribution in [0.3, 0.4) is 0 Å². The molecule has 1 amide bonds. The molecule has 4 rings (SSSR count). The van der Waals surface area contributed by atoms with Crippen LogP contribution in [0, 0.1) is 11.8 Å². The first-order chi connectivity index (χ1) is 10.6. The van der Waals surface area contributed by atoms with E-state index in [1.54, 1.807) is 6.26 Å². The predicted octanol–water partition coefficient (Wildman–Crippen LogP) is 3.39. The Labute approximate surface area is 130 Å². The van der Waals surface area contributed by atoms with Gasteiger partial charge in [0, 0.05) is 30.3 Å². The van der Waals surface area contributed by atoms with Gasteiger partial charge in [-0.25, -0.2) is 0 Å². The van der Waals surface area contributed by atoms with Crippen molar-refractivity contribution in [3.05, 3.63) is 59.5 Å². The minimum absolute atomic E-state index is 0.0805. The molecule has 2 atom stereocenters. The summed E-state index contributed by atoms with van der Waals surface area (Å²) in [6.45, 7) is 5.96. The lowest BCUT2D eigenvalue weighted by atomic mass is 9.65. The van der Waals surface area contributed by atoms with E-state index in [-0.39, 0.29) is 11.3 Å². The molecule has 0 N–H and O–H groups in total. The van der Waals surface area contributed by atoms with Crippen LogP contribution in [0.1, 0.15) is 30.7 Å². The van der Waals surface area contributed by atoms with Gasteiger partial charge in [0.05, 0.1) is 6.26 Å². The van der Waals surface area contributed by atoms with E-state index in [2.05, 4.69) is 26.0 Å². The summed E-state index contributed by atoms with van der Waals surface area (Å²) in [6.07, 6.45) is 2.59. The Morgan fingerprint density at radius 2 is 2.00 bits per heavy atom. The maximum Gasteiger partial charge on any atom is 0.226 e. The number of nitrogens with zero attached hydrogens (tertiary/aromatic N) is 1. The molecular weight excluding hydrogens is 274 g/mol. The number of carbonyl (C=O) groups excluding carboxylic acids is 1. The number of amides is 1. The van der Waals surface area contributed by atoms with Crippen molar-refractivity contribution >= 4 is 5.91 Å². The van der Waals surface area contributed by atoms with Crippen molar-refractivity contribution in [1.82, 2.24) is 4.90 Å². The van der Waals surface area contributed by atoms with Crippen molar-refractivity contribution in [2.75, 3.05) is 6.54 Å². The third kappa shape index (κ3) is 1.92. The number of benzene rings is 1. The Bertz CT molecular complexity index is 701. The lowest BCUT2D eigenvalue weighted by Gasteiger charge is -2.37. The normalized spacial score (nSPS) is 25.9. The number of furan rings is 1. The van der Waals surface area contributed by atoms with Crippen LogP contribution in [0.4, 0.5) is 0 Å². The highest BCUT2D eigenvalue weighted by Crippen LogP contribution is 2.48. The molecular formula is C19H21NO2.